The van der Waals surface area contributed by atoms with E-state index in [4.69, 9.17) is 27.9 Å². The number of rotatable bonds is 7. The maximum absolute atomic E-state index is 12.6. The molecule has 30 heavy (non-hydrogen) atoms. The third kappa shape index (κ3) is 5.75. The van der Waals surface area contributed by atoms with Gasteiger partial charge in [-0.1, -0.05) is 59.6 Å². The molecule has 2 amide bonds. The molecule has 0 saturated heterocycles. The third-order valence-electron chi connectivity index (χ3n) is 4.34. The molecule has 0 aliphatic heterocycles. The monoisotopic (exact) mass is 442 g/mol. The van der Waals surface area contributed by atoms with E-state index in [0.717, 1.165) is 5.56 Å². The van der Waals surface area contributed by atoms with E-state index < -0.39 is 0 Å². The zero-order valence-corrected chi connectivity index (χ0v) is 17.8. The first-order valence-corrected chi connectivity index (χ1v) is 9.96. The quantitative estimate of drug-likeness (QED) is 0.541. The average Bonchev–Trinajstić information content (AvgIpc) is 2.75. The zero-order valence-electron chi connectivity index (χ0n) is 16.3. The van der Waals surface area contributed by atoms with Gasteiger partial charge in [-0.05, 0) is 42.0 Å². The molecule has 3 rings (SSSR count). The Bertz CT molecular complexity index is 1040. The fraction of sp³-hybridized carbons (Fsp3) is 0.130. The lowest BCUT2D eigenvalue weighted by atomic mass is 10.2. The largest absolute Gasteiger partial charge is 0.483 e. The summed E-state index contributed by atoms with van der Waals surface area (Å²) in [5.41, 5.74) is 1.87. The molecule has 3 aromatic rings. The van der Waals surface area contributed by atoms with Crippen molar-refractivity contribution in [1.82, 2.24) is 4.90 Å². The topological polar surface area (TPSA) is 58.6 Å². The number of nitrogens with zero attached hydrogens (tertiary/aromatic N) is 1. The second-order valence-electron chi connectivity index (χ2n) is 6.60. The van der Waals surface area contributed by atoms with Crippen LogP contribution in [-0.4, -0.2) is 30.4 Å². The summed E-state index contributed by atoms with van der Waals surface area (Å²) in [4.78, 5) is 26.6. The van der Waals surface area contributed by atoms with Crippen LogP contribution in [0.25, 0.3) is 0 Å². The van der Waals surface area contributed by atoms with Crippen LogP contribution in [-0.2, 0) is 11.3 Å². The molecule has 7 heteroatoms. The summed E-state index contributed by atoms with van der Waals surface area (Å²) in [6.07, 6.45) is 0. The lowest BCUT2D eigenvalue weighted by Gasteiger charge is -2.18. The van der Waals surface area contributed by atoms with Gasteiger partial charge in [-0.2, -0.15) is 0 Å². The minimum Gasteiger partial charge on any atom is -0.483 e. The minimum absolute atomic E-state index is 0.201. The highest BCUT2D eigenvalue weighted by atomic mass is 35.5. The van der Waals surface area contributed by atoms with E-state index in [1.54, 1.807) is 55.6 Å². The van der Waals surface area contributed by atoms with Crippen molar-refractivity contribution in [1.29, 1.82) is 0 Å². The maximum Gasteiger partial charge on any atom is 0.260 e. The summed E-state index contributed by atoms with van der Waals surface area (Å²) in [7, 11) is 1.67. The molecule has 0 spiro atoms. The van der Waals surface area contributed by atoms with Crippen molar-refractivity contribution in [3.8, 4) is 5.75 Å². The van der Waals surface area contributed by atoms with Gasteiger partial charge in [-0.15, -0.1) is 0 Å². The molecule has 1 N–H and O–H groups in total. The Morgan fingerprint density at radius 3 is 2.37 bits per heavy atom. The predicted molar refractivity (Wildman–Crippen MR) is 119 cm³/mol. The van der Waals surface area contributed by atoms with Crippen LogP contribution < -0.4 is 10.1 Å². The number of halogens is 2. The van der Waals surface area contributed by atoms with E-state index in [0.29, 0.717) is 33.6 Å². The third-order valence-corrected chi connectivity index (χ3v) is 5.08. The van der Waals surface area contributed by atoms with Gasteiger partial charge < -0.3 is 15.0 Å². The van der Waals surface area contributed by atoms with Gasteiger partial charge in [0, 0.05) is 19.3 Å². The van der Waals surface area contributed by atoms with Gasteiger partial charge in [0.15, 0.2) is 6.61 Å². The van der Waals surface area contributed by atoms with Crippen LogP contribution in [0.3, 0.4) is 0 Å². The average molecular weight is 443 g/mol. The summed E-state index contributed by atoms with van der Waals surface area (Å²) in [6.45, 7) is 0.155. The van der Waals surface area contributed by atoms with Crippen molar-refractivity contribution in [3.63, 3.8) is 0 Å². The highest BCUT2D eigenvalue weighted by molar-refractivity contribution is 6.42. The summed E-state index contributed by atoms with van der Waals surface area (Å²) < 4.78 is 5.66. The van der Waals surface area contributed by atoms with Crippen LogP contribution in [0, 0.1) is 0 Å². The maximum atomic E-state index is 12.6. The molecular weight excluding hydrogens is 423 g/mol. The van der Waals surface area contributed by atoms with E-state index in [9.17, 15) is 9.59 Å². The Morgan fingerprint density at radius 1 is 0.933 bits per heavy atom. The van der Waals surface area contributed by atoms with Crippen molar-refractivity contribution >= 4 is 40.7 Å². The molecule has 154 valence electrons. The number of carbonyl (C=O) groups excluding carboxylic acids is 2. The number of likely N-dealkylation sites (N-methyl/N-ethyl adjacent to an activating group) is 1. The minimum atomic E-state index is -0.312. The molecule has 0 aliphatic carbocycles. The van der Waals surface area contributed by atoms with Crippen LogP contribution >= 0.6 is 23.2 Å². The van der Waals surface area contributed by atoms with E-state index in [-0.39, 0.29) is 18.4 Å². The van der Waals surface area contributed by atoms with E-state index in [2.05, 4.69) is 5.32 Å². The van der Waals surface area contributed by atoms with Gasteiger partial charge in [0.25, 0.3) is 11.8 Å². The highest BCUT2D eigenvalue weighted by Crippen LogP contribution is 2.23. The standard InChI is InChI=1S/C23H20Cl2N2O3/c1-27(14-16-11-12-19(24)20(25)13-16)22(28)15-30-21-10-6-5-9-18(21)23(29)26-17-7-3-2-4-8-17/h2-13H,14-15H2,1H3,(H,26,29). The predicted octanol–water partition coefficient (Wildman–Crippen LogP) is 5.28. The lowest BCUT2D eigenvalue weighted by molar-refractivity contribution is -0.132. The molecule has 0 bridgehead atoms. The molecule has 0 aliphatic rings. The molecule has 0 radical (unpaired) electrons. The summed E-state index contributed by atoms with van der Waals surface area (Å²) in [5, 5.41) is 3.71. The van der Waals surface area contributed by atoms with Gasteiger partial charge >= 0.3 is 0 Å². The molecule has 5 nitrogen and oxygen atoms in total. The molecule has 0 heterocycles. The number of hydrogen-bond acceptors (Lipinski definition) is 3. The number of hydrogen-bond donors (Lipinski definition) is 1. The van der Waals surface area contributed by atoms with Crippen molar-refractivity contribution < 1.29 is 14.3 Å². The van der Waals surface area contributed by atoms with Crippen LogP contribution in [0.1, 0.15) is 15.9 Å². The zero-order chi connectivity index (χ0) is 21.5. The fourth-order valence-corrected chi connectivity index (χ4v) is 3.07. The Morgan fingerprint density at radius 2 is 1.63 bits per heavy atom. The van der Waals surface area contributed by atoms with E-state index in [1.807, 2.05) is 24.3 Å². The first-order valence-electron chi connectivity index (χ1n) is 9.20. The number of anilines is 1. The molecule has 0 saturated carbocycles. The SMILES string of the molecule is CN(Cc1ccc(Cl)c(Cl)c1)C(=O)COc1ccccc1C(=O)Nc1ccccc1. The Kier molecular flexibility index (Phi) is 7.33. The molecule has 0 atom stereocenters. The summed E-state index contributed by atoms with van der Waals surface area (Å²) >= 11 is 11.9. The van der Waals surface area contributed by atoms with Crippen molar-refractivity contribution in [2.45, 2.75) is 6.54 Å². The number of ether oxygens (including phenoxy) is 1. The van der Waals surface area contributed by atoms with Gasteiger partial charge in [0.05, 0.1) is 15.6 Å². The number of nitrogens with one attached hydrogen (secondary N) is 1. The number of para-hydroxylation sites is 2. The van der Waals surface area contributed by atoms with Crippen molar-refractivity contribution in [2.75, 3.05) is 19.0 Å². The number of benzene rings is 3. The van der Waals surface area contributed by atoms with Gasteiger partial charge in [-0.3, -0.25) is 9.59 Å². The van der Waals surface area contributed by atoms with E-state index in [1.165, 1.54) is 4.90 Å². The Labute approximate surface area is 185 Å². The van der Waals surface area contributed by atoms with Crippen LogP contribution in [0.4, 0.5) is 5.69 Å². The summed E-state index contributed by atoms with van der Waals surface area (Å²) in [5.74, 6) is -0.213. The second-order valence-corrected chi connectivity index (χ2v) is 7.42. The first-order chi connectivity index (χ1) is 14.4. The van der Waals surface area contributed by atoms with Crippen molar-refractivity contribution in [2.24, 2.45) is 0 Å². The summed E-state index contributed by atoms with van der Waals surface area (Å²) in [6, 6.07) is 21.1. The normalized spacial score (nSPS) is 10.4. The van der Waals surface area contributed by atoms with Gasteiger partial charge in [-0.25, -0.2) is 0 Å². The lowest BCUT2D eigenvalue weighted by Crippen LogP contribution is -2.31. The molecule has 3 aromatic carbocycles. The van der Waals surface area contributed by atoms with Crippen LogP contribution in [0.15, 0.2) is 72.8 Å². The van der Waals surface area contributed by atoms with E-state index >= 15 is 0 Å². The highest BCUT2D eigenvalue weighted by Gasteiger charge is 2.16. The Hall–Kier alpha value is -3.02. The van der Waals surface area contributed by atoms with Crippen LogP contribution in [0.2, 0.25) is 10.0 Å². The molecule has 0 fully saturated rings. The fourth-order valence-electron chi connectivity index (χ4n) is 2.75. The molecule has 0 unspecified atom stereocenters. The molecular formula is C23H20Cl2N2O3. The van der Waals surface area contributed by atoms with Gasteiger partial charge in [0.1, 0.15) is 5.75 Å². The second kappa shape index (κ2) is 10.1. The Balaban J connectivity index is 1.61. The van der Waals surface area contributed by atoms with Gasteiger partial charge in [0.2, 0.25) is 0 Å². The number of amides is 2. The first kappa shape index (κ1) is 21.7. The van der Waals surface area contributed by atoms with Crippen molar-refractivity contribution in [3.05, 3.63) is 94.0 Å². The number of carbonyl (C=O) groups is 2. The van der Waals surface area contributed by atoms with Crippen LogP contribution in [0.5, 0.6) is 5.75 Å². The smallest absolute Gasteiger partial charge is 0.260 e. The molecule has 0 aromatic heterocycles.